The first-order chi connectivity index (χ1) is 6.22. The minimum atomic E-state index is 0.131. The molecule has 2 N–H and O–H groups in total. The third-order valence-corrected chi connectivity index (χ3v) is 2.50. The summed E-state index contributed by atoms with van der Waals surface area (Å²) in [7, 11) is 0. The summed E-state index contributed by atoms with van der Waals surface area (Å²) in [6.45, 7) is 4.31. The number of aliphatic hydroxyl groups is 1. The fourth-order valence-electron chi connectivity index (χ4n) is 1.21. The van der Waals surface area contributed by atoms with Crippen molar-refractivity contribution in [2.24, 2.45) is 0 Å². The molecule has 13 heavy (non-hydrogen) atoms. The number of rotatable bonds is 5. The summed E-state index contributed by atoms with van der Waals surface area (Å²) >= 11 is 1.63. The van der Waals surface area contributed by atoms with Gasteiger partial charge in [-0.05, 0) is 0 Å². The van der Waals surface area contributed by atoms with E-state index in [4.69, 9.17) is 5.11 Å². The quantitative estimate of drug-likeness (QED) is 0.746. The van der Waals surface area contributed by atoms with E-state index in [-0.39, 0.29) is 12.6 Å². The molecule has 0 aromatic carbocycles. The lowest BCUT2D eigenvalue weighted by Crippen LogP contribution is -2.39. The van der Waals surface area contributed by atoms with Crippen LogP contribution in [0.3, 0.4) is 0 Å². The van der Waals surface area contributed by atoms with Crippen molar-refractivity contribution in [1.82, 2.24) is 10.3 Å². The standard InChI is InChI=1S/C9H16N2OS/c1-7(2)11-8(6-12)5-9-10-3-4-13-9/h3-4,7-8,11-12H,5-6H2,1-2H3. The normalized spacial score (nSPS) is 13.5. The van der Waals surface area contributed by atoms with Gasteiger partial charge in [-0.3, -0.25) is 0 Å². The second-order valence-corrected chi connectivity index (χ2v) is 4.31. The molecular weight excluding hydrogens is 184 g/mol. The van der Waals surface area contributed by atoms with E-state index in [0.717, 1.165) is 11.4 Å². The molecule has 0 radical (unpaired) electrons. The van der Waals surface area contributed by atoms with E-state index in [1.54, 1.807) is 17.5 Å². The molecule has 1 heterocycles. The first-order valence-electron chi connectivity index (χ1n) is 4.47. The molecule has 1 unspecified atom stereocenters. The van der Waals surface area contributed by atoms with Crippen LogP contribution < -0.4 is 5.32 Å². The SMILES string of the molecule is CC(C)NC(CO)Cc1nccs1. The molecule has 4 heteroatoms. The summed E-state index contributed by atoms with van der Waals surface area (Å²) in [5.41, 5.74) is 0. The average molecular weight is 200 g/mol. The van der Waals surface area contributed by atoms with E-state index in [1.807, 2.05) is 5.38 Å². The van der Waals surface area contributed by atoms with Crippen LogP contribution in [0.5, 0.6) is 0 Å². The van der Waals surface area contributed by atoms with E-state index in [1.165, 1.54) is 0 Å². The molecular formula is C9H16N2OS. The highest BCUT2D eigenvalue weighted by atomic mass is 32.1. The number of nitrogens with one attached hydrogen (secondary N) is 1. The maximum Gasteiger partial charge on any atom is 0.0941 e. The predicted octanol–water partition coefficient (Wildman–Crippen LogP) is 1.04. The topological polar surface area (TPSA) is 45.1 Å². The number of aromatic nitrogens is 1. The zero-order valence-corrected chi connectivity index (χ0v) is 8.84. The Bertz CT molecular complexity index is 224. The molecule has 1 atom stereocenters. The van der Waals surface area contributed by atoms with Gasteiger partial charge < -0.3 is 10.4 Å². The molecule has 1 rings (SSSR count). The molecule has 0 fully saturated rings. The maximum atomic E-state index is 9.09. The number of aliphatic hydroxyl groups excluding tert-OH is 1. The van der Waals surface area contributed by atoms with Gasteiger partial charge in [0.15, 0.2) is 0 Å². The summed E-state index contributed by atoms with van der Waals surface area (Å²) < 4.78 is 0. The van der Waals surface area contributed by atoms with Crippen molar-refractivity contribution in [1.29, 1.82) is 0 Å². The first-order valence-corrected chi connectivity index (χ1v) is 5.35. The highest BCUT2D eigenvalue weighted by molar-refractivity contribution is 7.09. The summed E-state index contributed by atoms with van der Waals surface area (Å²) in [6, 6.07) is 0.531. The Hall–Kier alpha value is -0.450. The summed E-state index contributed by atoms with van der Waals surface area (Å²) in [5, 5.41) is 15.4. The van der Waals surface area contributed by atoms with Gasteiger partial charge in [0.25, 0.3) is 0 Å². The second kappa shape index (κ2) is 5.32. The Balaban J connectivity index is 2.40. The number of hydrogen-bond acceptors (Lipinski definition) is 4. The fraction of sp³-hybridized carbons (Fsp3) is 0.667. The Labute approximate surface area is 82.8 Å². The zero-order chi connectivity index (χ0) is 9.68. The van der Waals surface area contributed by atoms with Crippen molar-refractivity contribution in [3.63, 3.8) is 0 Å². The third-order valence-electron chi connectivity index (χ3n) is 1.69. The number of nitrogens with zero attached hydrogens (tertiary/aromatic N) is 1. The predicted molar refractivity (Wildman–Crippen MR) is 55.0 cm³/mol. The first kappa shape index (κ1) is 10.6. The van der Waals surface area contributed by atoms with Crippen molar-refractivity contribution < 1.29 is 5.11 Å². The summed E-state index contributed by atoms with van der Waals surface area (Å²) in [6.07, 6.45) is 2.61. The van der Waals surface area contributed by atoms with Gasteiger partial charge in [0, 0.05) is 30.1 Å². The molecule has 0 aliphatic carbocycles. The van der Waals surface area contributed by atoms with Crippen LogP contribution in [0.4, 0.5) is 0 Å². The van der Waals surface area contributed by atoms with Crippen LogP contribution in [-0.2, 0) is 6.42 Å². The lowest BCUT2D eigenvalue weighted by molar-refractivity contribution is 0.234. The smallest absolute Gasteiger partial charge is 0.0941 e. The molecule has 0 spiro atoms. The number of hydrogen-bond donors (Lipinski definition) is 2. The highest BCUT2D eigenvalue weighted by Gasteiger charge is 2.10. The van der Waals surface area contributed by atoms with Crippen LogP contribution in [0, 0.1) is 0 Å². The highest BCUT2D eigenvalue weighted by Crippen LogP contribution is 2.07. The van der Waals surface area contributed by atoms with Gasteiger partial charge in [0.1, 0.15) is 0 Å². The molecule has 0 bridgehead atoms. The van der Waals surface area contributed by atoms with Gasteiger partial charge in [-0.25, -0.2) is 4.98 Å². The van der Waals surface area contributed by atoms with Gasteiger partial charge in [0.05, 0.1) is 11.6 Å². The average Bonchev–Trinajstić information content (AvgIpc) is 2.55. The van der Waals surface area contributed by atoms with Crippen molar-refractivity contribution in [3.8, 4) is 0 Å². The van der Waals surface area contributed by atoms with Crippen LogP contribution in [0.2, 0.25) is 0 Å². The number of thiazole rings is 1. The molecule has 0 aliphatic heterocycles. The van der Waals surface area contributed by atoms with E-state index in [2.05, 4.69) is 24.1 Å². The van der Waals surface area contributed by atoms with Crippen molar-refractivity contribution in [2.75, 3.05) is 6.61 Å². The van der Waals surface area contributed by atoms with Gasteiger partial charge >= 0.3 is 0 Å². The van der Waals surface area contributed by atoms with Gasteiger partial charge in [-0.15, -0.1) is 11.3 Å². The molecule has 1 aromatic heterocycles. The lowest BCUT2D eigenvalue weighted by Gasteiger charge is -2.17. The van der Waals surface area contributed by atoms with Crippen LogP contribution in [0.15, 0.2) is 11.6 Å². The molecule has 0 saturated heterocycles. The molecule has 0 aliphatic rings. The van der Waals surface area contributed by atoms with Gasteiger partial charge in [-0.1, -0.05) is 13.8 Å². The van der Waals surface area contributed by atoms with Crippen LogP contribution >= 0.6 is 11.3 Å². The molecule has 0 amide bonds. The Kier molecular flexibility index (Phi) is 4.35. The van der Waals surface area contributed by atoms with Crippen LogP contribution in [0.25, 0.3) is 0 Å². The van der Waals surface area contributed by atoms with E-state index < -0.39 is 0 Å². The summed E-state index contributed by atoms with van der Waals surface area (Å²) in [5.74, 6) is 0. The van der Waals surface area contributed by atoms with Gasteiger partial charge in [0.2, 0.25) is 0 Å². The molecule has 3 nitrogen and oxygen atoms in total. The Morgan fingerprint density at radius 3 is 2.85 bits per heavy atom. The fourth-order valence-corrected chi connectivity index (χ4v) is 1.91. The molecule has 1 aromatic rings. The Morgan fingerprint density at radius 1 is 1.62 bits per heavy atom. The van der Waals surface area contributed by atoms with E-state index in [0.29, 0.717) is 6.04 Å². The zero-order valence-electron chi connectivity index (χ0n) is 8.03. The molecule has 74 valence electrons. The lowest BCUT2D eigenvalue weighted by atomic mass is 10.2. The van der Waals surface area contributed by atoms with Crippen LogP contribution in [0.1, 0.15) is 18.9 Å². The minimum Gasteiger partial charge on any atom is -0.395 e. The van der Waals surface area contributed by atoms with E-state index in [9.17, 15) is 0 Å². The van der Waals surface area contributed by atoms with Gasteiger partial charge in [-0.2, -0.15) is 0 Å². The summed E-state index contributed by atoms with van der Waals surface area (Å²) in [4.78, 5) is 4.18. The Morgan fingerprint density at radius 2 is 2.38 bits per heavy atom. The second-order valence-electron chi connectivity index (χ2n) is 3.33. The van der Waals surface area contributed by atoms with Crippen molar-refractivity contribution >= 4 is 11.3 Å². The minimum absolute atomic E-state index is 0.131. The monoisotopic (exact) mass is 200 g/mol. The maximum absolute atomic E-state index is 9.09. The van der Waals surface area contributed by atoms with Crippen LogP contribution in [-0.4, -0.2) is 28.8 Å². The van der Waals surface area contributed by atoms with Crippen molar-refractivity contribution in [2.45, 2.75) is 32.4 Å². The third kappa shape index (κ3) is 3.85. The largest absolute Gasteiger partial charge is 0.395 e. The van der Waals surface area contributed by atoms with E-state index >= 15 is 0 Å². The van der Waals surface area contributed by atoms with Crippen molar-refractivity contribution in [3.05, 3.63) is 16.6 Å². The molecule has 0 saturated carbocycles.